The maximum absolute atomic E-state index is 9.57. The summed E-state index contributed by atoms with van der Waals surface area (Å²) in [7, 11) is 0. The maximum Gasteiger partial charge on any atom is 0.100 e. The number of rotatable bonds is 3. The minimum Gasteiger partial charge on any atom is -0.386 e. The number of benzene rings is 1. The summed E-state index contributed by atoms with van der Waals surface area (Å²) in [4.78, 5) is 2.09. The Kier molecular flexibility index (Phi) is 3.16. The van der Waals surface area contributed by atoms with Crippen molar-refractivity contribution in [2.24, 2.45) is 5.73 Å². The van der Waals surface area contributed by atoms with Crippen LogP contribution >= 0.6 is 11.3 Å². The zero-order chi connectivity index (χ0) is 10.7. The molecule has 2 rings (SSSR count). The molecule has 2 aromatic rings. The average Bonchev–Trinajstić information content (AvgIpc) is 2.78. The third kappa shape index (κ3) is 2.26. The van der Waals surface area contributed by atoms with Crippen molar-refractivity contribution in [2.75, 3.05) is 6.54 Å². The first-order chi connectivity index (χ1) is 7.31. The summed E-state index contributed by atoms with van der Waals surface area (Å²) >= 11 is 1.59. The molecule has 0 aliphatic carbocycles. The lowest BCUT2D eigenvalue weighted by molar-refractivity contribution is 0.190. The molecule has 2 nitrogen and oxygen atoms in total. The van der Waals surface area contributed by atoms with Crippen molar-refractivity contribution in [1.29, 1.82) is 0 Å². The minimum absolute atomic E-state index is 0.273. The van der Waals surface area contributed by atoms with Crippen molar-refractivity contribution in [2.45, 2.75) is 6.10 Å². The standard InChI is InChI=1S/C12H13NOS/c13-8-10(14)12-7-6-11(15-12)9-4-2-1-3-5-9/h1-7,10,14H,8,13H2/t10-/m0/s1. The molecular weight excluding hydrogens is 206 g/mol. The topological polar surface area (TPSA) is 46.2 Å². The Morgan fingerprint density at radius 1 is 1.13 bits per heavy atom. The SMILES string of the molecule is NC[C@H](O)c1ccc(-c2ccccc2)s1. The van der Waals surface area contributed by atoms with Gasteiger partial charge in [0.15, 0.2) is 0 Å². The van der Waals surface area contributed by atoms with Gasteiger partial charge in [-0.1, -0.05) is 30.3 Å². The van der Waals surface area contributed by atoms with Crippen molar-refractivity contribution in [3.63, 3.8) is 0 Å². The highest BCUT2D eigenvalue weighted by Gasteiger charge is 2.08. The zero-order valence-corrected chi connectivity index (χ0v) is 9.08. The van der Waals surface area contributed by atoms with Gasteiger partial charge in [0.05, 0.1) is 0 Å². The van der Waals surface area contributed by atoms with E-state index in [-0.39, 0.29) is 6.54 Å². The van der Waals surface area contributed by atoms with Gasteiger partial charge in [0.25, 0.3) is 0 Å². The van der Waals surface area contributed by atoms with Gasteiger partial charge in [-0.2, -0.15) is 0 Å². The fourth-order valence-electron chi connectivity index (χ4n) is 1.41. The second-order valence-electron chi connectivity index (χ2n) is 3.32. The quantitative estimate of drug-likeness (QED) is 0.832. The minimum atomic E-state index is -0.535. The van der Waals surface area contributed by atoms with Crippen LogP contribution in [0.3, 0.4) is 0 Å². The van der Waals surface area contributed by atoms with E-state index in [0.717, 1.165) is 9.75 Å². The van der Waals surface area contributed by atoms with Crippen LogP contribution < -0.4 is 5.73 Å². The predicted molar refractivity (Wildman–Crippen MR) is 63.8 cm³/mol. The molecule has 0 saturated heterocycles. The van der Waals surface area contributed by atoms with Crippen molar-refractivity contribution in [1.82, 2.24) is 0 Å². The van der Waals surface area contributed by atoms with Gasteiger partial charge in [0.2, 0.25) is 0 Å². The molecule has 0 amide bonds. The van der Waals surface area contributed by atoms with Crippen molar-refractivity contribution in [3.05, 3.63) is 47.3 Å². The Morgan fingerprint density at radius 2 is 1.87 bits per heavy atom. The molecule has 3 heteroatoms. The summed E-state index contributed by atoms with van der Waals surface area (Å²) in [6.45, 7) is 0.273. The Morgan fingerprint density at radius 3 is 2.53 bits per heavy atom. The van der Waals surface area contributed by atoms with Crippen LogP contribution in [0.25, 0.3) is 10.4 Å². The molecule has 0 fully saturated rings. The number of aliphatic hydroxyl groups excluding tert-OH is 1. The zero-order valence-electron chi connectivity index (χ0n) is 8.26. The second kappa shape index (κ2) is 4.57. The van der Waals surface area contributed by atoms with Gasteiger partial charge in [-0.3, -0.25) is 0 Å². The van der Waals surface area contributed by atoms with Crippen molar-refractivity contribution >= 4 is 11.3 Å². The number of hydrogen-bond donors (Lipinski definition) is 2. The van der Waals surface area contributed by atoms with Gasteiger partial charge in [-0.15, -0.1) is 11.3 Å². The first kappa shape index (κ1) is 10.4. The third-order valence-corrected chi connectivity index (χ3v) is 3.47. The third-order valence-electron chi connectivity index (χ3n) is 2.24. The molecule has 0 aliphatic rings. The van der Waals surface area contributed by atoms with Crippen LogP contribution in [0.5, 0.6) is 0 Å². The lowest BCUT2D eigenvalue weighted by atomic mass is 10.2. The first-order valence-corrected chi connectivity index (χ1v) is 5.66. The molecular formula is C12H13NOS. The number of thiophene rings is 1. The normalized spacial score (nSPS) is 12.7. The summed E-state index contributed by atoms with van der Waals surface area (Å²) < 4.78 is 0. The molecule has 3 N–H and O–H groups in total. The molecule has 0 bridgehead atoms. The molecule has 0 unspecified atom stereocenters. The smallest absolute Gasteiger partial charge is 0.100 e. The second-order valence-corrected chi connectivity index (χ2v) is 4.43. The van der Waals surface area contributed by atoms with E-state index in [0.29, 0.717) is 0 Å². The van der Waals surface area contributed by atoms with Crippen LogP contribution in [0, 0.1) is 0 Å². The van der Waals surface area contributed by atoms with E-state index < -0.39 is 6.10 Å². The summed E-state index contributed by atoms with van der Waals surface area (Å²) in [6.07, 6.45) is -0.535. The first-order valence-electron chi connectivity index (χ1n) is 4.84. The van der Waals surface area contributed by atoms with E-state index in [2.05, 4.69) is 12.1 Å². The van der Waals surface area contributed by atoms with Crippen molar-refractivity contribution < 1.29 is 5.11 Å². The predicted octanol–water partition coefficient (Wildman–Crippen LogP) is 2.41. The Labute approximate surface area is 93.0 Å². The van der Waals surface area contributed by atoms with Crippen molar-refractivity contribution in [3.8, 4) is 10.4 Å². The Balaban J connectivity index is 2.28. The van der Waals surface area contributed by atoms with Gasteiger partial charge in [-0.05, 0) is 17.7 Å². The van der Waals surface area contributed by atoms with Gasteiger partial charge in [0, 0.05) is 16.3 Å². The number of nitrogens with two attached hydrogens (primary N) is 1. The summed E-state index contributed by atoms with van der Waals surface area (Å²) in [5, 5.41) is 9.57. The molecule has 0 spiro atoms. The summed E-state index contributed by atoms with van der Waals surface area (Å²) in [6, 6.07) is 14.1. The molecule has 1 heterocycles. The Hall–Kier alpha value is -1.16. The molecule has 1 aromatic carbocycles. The maximum atomic E-state index is 9.57. The molecule has 15 heavy (non-hydrogen) atoms. The van der Waals surface area contributed by atoms with Crippen LogP contribution in [0.1, 0.15) is 11.0 Å². The molecule has 78 valence electrons. The van der Waals surface area contributed by atoms with E-state index in [1.54, 1.807) is 11.3 Å². The van der Waals surface area contributed by atoms with Crippen LogP contribution in [-0.2, 0) is 0 Å². The largest absolute Gasteiger partial charge is 0.386 e. The fourth-order valence-corrected chi connectivity index (χ4v) is 2.42. The highest BCUT2D eigenvalue weighted by atomic mass is 32.1. The van der Waals surface area contributed by atoms with E-state index in [1.807, 2.05) is 30.3 Å². The number of hydrogen-bond acceptors (Lipinski definition) is 3. The lowest BCUT2D eigenvalue weighted by Crippen LogP contribution is -2.09. The fraction of sp³-hybridized carbons (Fsp3) is 0.167. The van der Waals surface area contributed by atoms with E-state index in [1.165, 1.54) is 5.56 Å². The van der Waals surface area contributed by atoms with Gasteiger partial charge >= 0.3 is 0 Å². The van der Waals surface area contributed by atoms with Crippen LogP contribution in [0.15, 0.2) is 42.5 Å². The van der Waals surface area contributed by atoms with Crippen LogP contribution in [-0.4, -0.2) is 11.7 Å². The average molecular weight is 219 g/mol. The van der Waals surface area contributed by atoms with Gasteiger partial charge in [-0.25, -0.2) is 0 Å². The van der Waals surface area contributed by atoms with Gasteiger partial charge < -0.3 is 10.8 Å². The molecule has 0 saturated carbocycles. The summed E-state index contributed by atoms with van der Waals surface area (Å²) in [5.74, 6) is 0. The highest BCUT2D eigenvalue weighted by molar-refractivity contribution is 7.15. The monoisotopic (exact) mass is 219 g/mol. The lowest BCUT2D eigenvalue weighted by Gasteiger charge is -2.02. The molecule has 0 radical (unpaired) electrons. The summed E-state index contributed by atoms with van der Waals surface area (Å²) in [5.41, 5.74) is 6.59. The van der Waals surface area contributed by atoms with E-state index in [9.17, 15) is 5.11 Å². The highest BCUT2D eigenvalue weighted by Crippen LogP contribution is 2.30. The van der Waals surface area contributed by atoms with E-state index >= 15 is 0 Å². The van der Waals surface area contributed by atoms with Crippen LogP contribution in [0.2, 0.25) is 0 Å². The molecule has 1 atom stereocenters. The van der Waals surface area contributed by atoms with Gasteiger partial charge in [0.1, 0.15) is 6.10 Å². The van der Waals surface area contributed by atoms with E-state index in [4.69, 9.17) is 5.73 Å². The number of aliphatic hydroxyl groups is 1. The Bertz CT molecular complexity index is 424. The van der Waals surface area contributed by atoms with Crippen LogP contribution in [0.4, 0.5) is 0 Å². The molecule has 1 aromatic heterocycles. The molecule has 0 aliphatic heterocycles.